The first-order chi connectivity index (χ1) is 7.72. The molecular weight excluding hydrogens is 202 g/mol. The van der Waals surface area contributed by atoms with Crippen molar-refractivity contribution in [3.63, 3.8) is 0 Å². The summed E-state index contributed by atoms with van der Waals surface area (Å²) in [5.41, 5.74) is 1.20. The van der Waals surface area contributed by atoms with Crippen molar-refractivity contribution in [2.24, 2.45) is 5.92 Å². The van der Waals surface area contributed by atoms with Gasteiger partial charge in [0.2, 0.25) is 0 Å². The van der Waals surface area contributed by atoms with Crippen molar-refractivity contribution in [1.29, 1.82) is 0 Å². The zero-order chi connectivity index (χ0) is 11.8. The molecule has 3 heteroatoms. The van der Waals surface area contributed by atoms with Crippen molar-refractivity contribution < 1.29 is 9.84 Å². The van der Waals surface area contributed by atoms with E-state index in [9.17, 15) is 0 Å². The largest absolute Gasteiger partial charge is 0.491 e. The van der Waals surface area contributed by atoms with Gasteiger partial charge in [-0.1, -0.05) is 26.0 Å². The highest BCUT2D eigenvalue weighted by atomic mass is 16.5. The van der Waals surface area contributed by atoms with Gasteiger partial charge in [0.25, 0.3) is 0 Å². The third kappa shape index (κ3) is 5.14. The van der Waals surface area contributed by atoms with Gasteiger partial charge in [-0.15, -0.1) is 0 Å². The second-order valence-electron chi connectivity index (χ2n) is 4.24. The Morgan fingerprint density at radius 2 is 2.19 bits per heavy atom. The van der Waals surface area contributed by atoms with Crippen molar-refractivity contribution in [3.8, 4) is 5.75 Å². The Kier molecular flexibility index (Phi) is 5.90. The first kappa shape index (κ1) is 13.0. The van der Waals surface area contributed by atoms with Crippen LogP contribution in [0.15, 0.2) is 24.3 Å². The van der Waals surface area contributed by atoms with Gasteiger partial charge in [0.1, 0.15) is 12.4 Å². The molecule has 0 heterocycles. The fourth-order valence-electron chi connectivity index (χ4n) is 1.41. The van der Waals surface area contributed by atoms with Crippen LogP contribution in [0.2, 0.25) is 0 Å². The van der Waals surface area contributed by atoms with E-state index in [-0.39, 0.29) is 6.61 Å². The number of aliphatic hydroxyl groups is 1. The summed E-state index contributed by atoms with van der Waals surface area (Å²) in [5.74, 6) is 1.48. The molecule has 0 aromatic heterocycles. The molecule has 1 rings (SSSR count). The van der Waals surface area contributed by atoms with Gasteiger partial charge in [0.15, 0.2) is 0 Å². The first-order valence-electron chi connectivity index (χ1n) is 5.75. The van der Waals surface area contributed by atoms with Gasteiger partial charge in [0.05, 0.1) is 6.61 Å². The summed E-state index contributed by atoms with van der Waals surface area (Å²) in [4.78, 5) is 0. The number of rotatable bonds is 7. The minimum absolute atomic E-state index is 0.0514. The number of hydrogen-bond donors (Lipinski definition) is 2. The van der Waals surface area contributed by atoms with E-state index in [1.165, 1.54) is 5.56 Å². The summed E-state index contributed by atoms with van der Waals surface area (Å²) >= 11 is 0. The van der Waals surface area contributed by atoms with Crippen molar-refractivity contribution >= 4 is 0 Å². The van der Waals surface area contributed by atoms with Gasteiger partial charge >= 0.3 is 0 Å². The summed E-state index contributed by atoms with van der Waals surface area (Å²) < 4.78 is 5.35. The van der Waals surface area contributed by atoms with Crippen LogP contribution in [0.1, 0.15) is 19.4 Å². The Labute approximate surface area is 97.4 Å². The molecule has 0 aliphatic carbocycles. The lowest BCUT2D eigenvalue weighted by Crippen LogP contribution is -2.18. The summed E-state index contributed by atoms with van der Waals surface area (Å²) in [6, 6.07) is 7.95. The third-order valence-corrected chi connectivity index (χ3v) is 2.14. The van der Waals surface area contributed by atoms with Crippen LogP contribution < -0.4 is 10.1 Å². The molecule has 0 atom stereocenters. The average molecular weight is 223 g/mol. The number of hydrogen-bond acceptors (Lipinski definition) is 3. The summed E-state index contributed by atoms with van der Waals surface area (Å²) in [7, 11) is 0. The normalized spacial score (nSPS) is 10.8. The molecule has 0 saturated heterocycles. The predicted octanol–water partition coefficient (Wildman–Crippen LogP) is 1.80. The molecule has 1 aromatic carbocycles. The zero-order valence-corrected chi connectivity index (χ0v) is 10.1. The molecular formula is C13H21NO2. The Morgan fingerprint density at radius 1 is 1.38 bits per heavy atom. The minimum atomic E-state index is 0.0514. The zero-order valence-electron chi connectivity index (χ0n) is 10.1. The van der Waals surface area contributed by atoms with Crippen LogP contribution in [0.3, 0.4) is 0 Å². The van der Waals surface area contributed by atoms with Crippen LogP contribution in [-0.2, 0) is 6.54 Å². The van der Waals surface area contributed by atoms with Gasteiger partial charge in [0, 0.05) is 6.54 Å². The van der Waals surface area contributed by atoms with E-state index < -0.39 is 0 Å². The van der Waals surface area contributed by atoms with E-state index in [2.05, 4.69) is 25.2 Å². The molecule has 1 aromatic rings. The number of nitrogens with one attached hydrogen (secondary N) is 1. The van der Waals surface area contributed by atoms with E-state index in [0.717, 1.165) is 18.8 Å². The Morgan fingerprint density at radius 3 is 2.88 bits per heavy atom. The Balaban J connectivity index is 2.40. The molecule has 0 aliphatic heterocycles. The molecule has 0 bridgehead atoms. The van der Waals surface area contributed by atoms with Gasteiger partial charge < -0.3 is 15.2 Å². The highest BCUT2D eigenvalue weighted by Gasteiger charge is 1.98. The molecule has 90 valence electrons. The summed E-state index contributed by atoms with van der Waals surface area (Å²) in [5, 5.41) is 12.0. The average Bonchev–Trinajstić information content (AvgIpc) is 2.26. The standard InChI is InChI=1S/C13H21NO2/c1-11(2)9-14-10-12-4-3-5-13(8-12)16-7-6-15/h3-5,8,11,14-15H,6-7,9-10H2,1-2H3. The number of benzene rings is 1. The minimum Gasteiger partial charge on any atom is -0.491 e. The van der Waals surface area contributed by atoms with Crippen LogP contribution in [0.5, 0.6) is 5.75 Å². The second-order valence-corrected chi connectivity index (χ2v) is 4.24. The van der Waals surface area contributed by atoms with E-state index in [1.807, 2.05) is 18.2 Å². The van der Waals surface area contributed by atoms with Crippen LogP contribution in [0.25, 0.3) is 0 Å². The topological polar surface area (TPSA) is 41.5 Å². The summed E-state index contributed by atoms with van der Waals surface area (Å²) in [6.07, 6.45) is 0. The lowest BCUT2D eigenvalue weighted by molar-refractivity contribution is 0.201. The Hall–Kier alpha value is -1.06. The molecule has 0 aliphatic rings. The highest BCUT2D eigenvalue weighted by Crippen LogP contribution is 2.12. The SMILES string of the molecule is CC(C)CNCc1cccc(OCCO)c1. The monoisotopic (exact) mass is 223 g/mol. The number of ether oxygens (including phenoxy) is 1. The molecule has 0 radical (unpaired) electrons. The van der Waals surface area contributed by atoms with Gasteiger partial charge in [-0.2, -0.15) is 0 Å². The van der Waals surface area contributed by atoms with Crippen molar-refractivity contribution in [1.82, 2.24) is 5.32 Å². The van der Waals surface area contributed by atoms with E-state index in [1.54, 1.807) is 0 Å². The van der Waals surface area contributed by atoms with Crippen LogP contribution in [0, 0.1) is 5.92 Å². The maximum Gasteiger partial charge on any atom is 0.119 e. The maximum absolute atomic E-state index is 8.66. The van der Waals surface area contributed by atoms with Crippen molar-refractivity contribution in [3.05, 3.63) is 29.8 Å². The lowest BCUT2D eigenvalue weighted by Gasteiger charge is -2.09. The Bertz CT molecular complexity index is 300. The molecule has 0 amide bonds. The smallest absolute Gasteiger partial charge is 0.119 e. The molecule has 0 fully saturated rings. The van der Waals surface area contributed by atoms with Crippen molar-refractivity contribution in [2.75, 3.05) is 19.8 Å². The molecule has 3 nitrogen and oxygen atoms in total. The van der Waals surface area contributed by atoms with E-state index >= 15 is 0 Å². The van der Waals surface area contributed by atoms with E-state index in [4.69, 9.17) is 9.84 Å². The molecule has 0 saturated carbocycles. The van der Waals surface area contributed by atoms with Crippen molar-refractivity contribution in [2.45, 2.75) is 20.4 Å². The van der Waals surface area contributed by atoms with Gasteiger partial charge in [-0.25, -0.2) is 0 Å². The molecule has 16 heavy (non-hydrogen) atoms. The van der Waals surface area contributed by atoms with E-state index in [0.29, 0.717) is 12.5 Å². The molecule has 2 N–H and O–H groups in total. The van der Waals surface area contributed by atoms with Gasteiger partial charge in [-0.05, 0) is 30.2 Å². The number of aliphatic hydroxyl groups excluding tert-OH is 1. The lowest BCUT2D eigenvalue weighted by atomic mass is 10.2. The van der Waals surface area contributed by atoms with Gasteiger partial charge in [-0.3, -0.25) is 0 Å². The summed E-state index contributed by atoms with van der Waals surface area (Å²) in [6.45, 7) is 6.65. The quantitative estimate of drug-likeness (QED) is 0.740. The molecule has 0 unspecified atom stereocenters. The second kappa shape index (κ2) is 7.25. The maximum atomic E-state index is 8.66. The van der Waals surface area contributed by atoms with Crippen LogP contribution >= 0.6 is 0 Å². The van der Waals surface area contributed by atoms with Crippen LogP contribution in [-0.4, -0.2) is 24.9 Å². The fraction of sp³-hybridized carbons (Fsp3) is 0.538. The first-order valence-corrected chi connectivity index (χ1v) is 5.75. The third-order valence-electron chi connectivity index (χ3n) is 2.14. The molecule has 0 spiro atoms. The highest BCUT2D eigenvalue weighted by molar-refractivity contribution is 5.28. The van der Waals surface area contributed by atoms with Crippen LogP contribution in [0.4, 0.5) is 0 Å². The predicted molar refractivity (Wildman–Crippen MR) is 65.6 cm³/mol. The fourth-order valence-corrected chi connectivity index (χ4v) is 1.41.